The zero-order chi connectivity index (χ0) is 13.9. The lowest BCUT2D eigenvalue weighted by molar-refractivity contribution is 0.196. The molecule has 2 aromatic carbocycles. The van der Waals surface area contributed by atoms with Gasteiger partial charge in [0.2, 0.25) is 0 Å². The second-order valence-electron chi connectivity index (χ2n) is 5.80. The molecule has 2 N–H and O–H groups in total. The Kier molecular flexibility index (Phi) is 4.04. The largest absolute Gasteiger partial charge is 0.326 e. The molecule has 1 aliphatic heterocycles. The van der Waals surface area contributed by atoms with Gasteiger partial charge >= 0.3 is 0 Å². The highest BCUT2D eigenvalue weighted by Gasteiger charge is 2.28. The van der Waals surface area contributed by atoms with Crippen LogP contribution in [0.25, 0.3) is 10.8 Å². The first-order valence-corrected chi connectivity index (χ1v) is 7.78. The van der Waals surface area contributed by atoms with Gasteiger partial charge in [-0.1, -0.05) is 55.8 Å². The van der Waals surface area contributed by atoms with E-state index >= 15 is 0 Å². The van der Waals surface area contributed by atoms with Gasteiger partial charge in [0.05, 0.1) is 6.04 Å². The van der Waals surface area contributed by atoms with Gasteiger partial charge in [-0.2, -0.15) is 0 Å². The van der Waals surface area contributed by atoms with E-state index in [1.165, 1.54) is 29.2 Å². The first kappa shape index (κ1) is 13.6. The number of hydrogen-bond donors (Lipinski definition) is 1. The molecule has 0 amide bonds. The topological polar surface area (TPSA) is 29.3 Å². The number of fused-ring (bicyclic) bond motifs is 1. The molecule has 2 unspecified atom stereocenters. The summed E-state index contributed by atoms with van der Waals surface area (Å²) in [5.74, 6) is 0. The summed E-state index contributed by atoms with van der Waals surface area (Å²) < 4.78 is 0. The predicted molar refractivity (Wildman–Crippen MR) is 85.8 cm³/mol. The Morgan fingerprint density at radius 2 is 1.90 bits per heavy atom. The molecule has 3 rings (SSSR count). The van der Waals surface area contributed by atoms with Crippen molar-refractivity contribution in [3.63, 3.8) is 0 Å². The third-order valence-corrected chi connectivity index (χ3v) is 4.58. The van der Waals surface area contributed by atoms with Crippen LogP contribution in [0.5, 0.6) is 0 Å². The van der Waals surface area contributed by atoms with Gasteiger partial charge in [0.15, 0.2) is 0 Å². The zero-order valence-electron chi connectivity index (χ0n) is 12.3. The third kappa shape index (κ3) is 2.46. The monoisotopic (exact) mass is 268 g/mol. The van der Waals surface area contributed by atoms with Crippen molar-refractivity contribution in [1.82, 2.24) is 4.90 Å². The fraction of sp³-hybridized carbons (Fsp3) is 0.444. The quantitative estimate of drug-likeness (QED) is 0.899. The maximum absolute atomic E-state index is 6.53. The molecule has 0 saturated carbocycles. The van der Waals surface area contributed by atoms with Gasteiger partial charge in [0, 0.05) is 6.04 Å². The summed E-state index contributed by atoms with van der Waals surface area (Å²) in [5, 5.41) is 2.67. The standard InChI is InChI=1S/C18H24N2/c1-2-20-13-6-5-12-17(19)18(20)16-11-7-9-14-8-3-4-10-15(14)16/h3-4,7-11,17-18H,2,5-6,12-13,19H2,1H3. The Balaban J connectivity index is 2.11. The smallest absolute Gasteiger partial charge is 0.0505 e. The summed E-state index contributed by atoms with van der Waals surface area (Å²) in [6, 6.07) is 15.9. The van der Waals surface area contributed by atoms with Gasteiger partial charge in [-0.3, -0.25) is 4.90 Å². The molecule has 2 heteroatoms. The lowest BCUT2D eigenvalue weighted by Crippen LogP contribution is -2.39. The molecular weight excluding hydrogens is 244 g/mol. The van der Waals surface area contributed by atoms with Crippen LogP contribution in [0, 0.1) is 0 Å². The fourth-order valence-electron chi connectivity index (χ4n) is 3.55. The van der Waals surface area contributed by atoms with E-state index in [1.807, 2.05) is 0 Å². The van der Waals surface area contributed by atoms with Crippen LogP contribution >= 0.6 is 0 Å². The molecule has 0 spiro atoms. The van der Waals surface area contributed by atoms with Crippen LogP contribution in [0.4, 0.5) is 0 Å². The average molecular weight is 268 g/mol. The van der Waals surface area contributed by atoms with Crippen LogP contribution in [0.3, 0.4) is 0 Å². The van der Waals surface area contributed by atoms with E-state index in [1.54, 1.807) is 0 Å². The molecule has 2 nitrogen and oxygen atoms in total. The summed E-state index contributed by atoms with van der Waals surface area (Å²) in [5.41, 5.74) is 7.93. The van der Waals surface area contributed by atoms with Crippen molar-refractivity contribution in [1.29, 1.82) is 0 Å². The van der Waals surface area contributed by atoms with E-state index in [-0.39, 0.29) is 6.04 Å². The van der Waals surface area contributed by atoms with E-state index in [0.29, 0.717) is 6.04 Å². The van der Waals surface area contributed by atoms with Crippen molar-refractivity contribution in [3.05, 3.63) is 48.0 Å². The van der Waals surface area contributed by atoms with Gasteiger partial charge in [-0.05, 0) is 42.3 Å². The van der Waals surface area contributed by atoms with E-state index in [9.17, 15) is 0 Å². The predicted octanol–water partition coefficient (Wildman–Crippen LogP) is 3.71. The van der Waals surface area contributed by atoms with Gasteiger partial charge in [0.25, 0.3) is 0 Å². The number of nitrogens with two attached hydrogens (primary N) is 1. The fourth-order valence-corrected chi connectivity index (χ4v) is 3.55. The summed E-state index contributed by atoms with van der Waals surface area (Å²) in [6.45, 7) is 4.48. The summed E-state index contributed by atoms with van der Waals surface area (Å²) in [6.07, 6.45) is 3.64. The van der Waals surface area contributed by atoms with Crippen LogP contribution in [0.15, 0.2) is 42.5 Å². The minimum Gasteiger partial charge on any atom is -0.326 e. The normalized spacial score (nSPS) is 24.7. The minimum atomic E-state index is 0.239. The highest BCUT2D eigenvalue weighted by Crippen LogP contribution is 2.33. The van der Waals surface area contributed by atoms with Crippen molar-refractivity contribution >= 4 is 10.8 Å². The Bertz CT molecular complexity index is 573. The highest BCUT2D eigenvalue weighted by molar-refractivity contribution is 5.86. The summed E-state index contributed by atoms with van der Waals surface area (Å²) in [4.78, 5) is 2.56. The lowest BCUT2D eigenvalue weighted by atomic mass is 9.92. The molecular formula is C18H24N2. The molecule has 1 saturated heterocycles. The number of nitrogens with zero attached hydrogens (tertiary/aromatic N) is 1. The van der Waals surface area contributed by atoms with Crippen LogP contribution in [-0.4, -0.2) is 24.0 Å². The van der Waals surface area contributed by atoms with Crippen molar-refractivity contribution in [2.45, 2.75) is 38.3 Å². The number of benzene rings is 2. The molecule has 2 aromatic rings. The van der Waals surface area contributed by atoms with E-state index in [4.69, 9.17) is 5.73 Å². The van der Waals surface area contributed by atoms with Crippen molar-refractivity contribution in [2.24, 2.45) is 5.73 Å². The van der Waals surface area contributed by atoms with Gasteiger partial charge < -0.3 is 5.73 Å². The van der Waals surface area contributed by atoms with Crippen molar-refractivity contribution in [3.8, 4) is 0 Å². The van der Waals surface area contributed by atoms with E-state index in [2.05, 4.69) is 54.3 Å². The maximum atomic E-state index is 6.53. The van der Waals surface area contributed by atoms with Crippen LogP contribution < -0.4 is 5.73 Å². The molecule has 0 aliphatic carbocycles. The number of likely N-dealkylation sites (tertiary alicyclic amines) is 1. The molecule has 0 aromatic heterocycles. The highest BCUT2D eigenvalue weighted by atomic mass is 15.2. The molecule has 1 fully saturated rings. The van der Waals surface area contributed by atoms with Crippen molar-refractivity contribution < 1.29 is 0 Å². The molecule has 106 valence electrons. The molecule has 1 aliphatic rings. The average Bonchev–Trinajstić information content (AvgIpc) is 2.68. The Morgan fingerprint density at radius 1 is 1.10 bits per heavy atom. The molecule has 20 heavy (non-hydrogen) atoms. The van der Waals surface area contributed by atoms with E-state index < -0.39 is 0 Å². The Labute approximate surface area is 121 Å². The maximum Gasteiger partial charge on any atom is 0.0505 e. The molecule has 2 atom stereocenters. The van der Waals surface area contributed by atoms with Crippen LogP contribution in [0.1, 0.15) is 37.8 Å². The van der Waals surface area contributed by atoms with Gasteiger partial charge in [-0.15, -0.1) is 0 Å². The number of likely N-dealkylation sites (N-methyl/N-ethyl adjacent to an activating group) is 1. The zero-order valence-corrected chi connectivity index (χ0v) is 12.3. The summed E-state index contributed by atoms with van der Waals surface area (Å²) >= 11 is 0. The minimum absolute atomic E-state index is 0.239. The Morgan fingerprint density at radius 3 is 2.75 bits per heavy atom. The van der Waals surface area contributed by atoms with Gasteiger partial charge in [0.1, 0.15) is 0 Å². The van der Waals surface area contributed by atoms with Crippen LogP contribution in [-0.2, 0) is 0 Å². The Hall–Kier alpha value is -1.38. The molecule has 1 heterocycles. The SMILES string of the molecule is CCN1CCCCC(N)C1c1cccc2ccccc12. The molecule has 0 bridgehead atoms. The second kappa shape index (κ2) is 5.94. The van der Waals surface area contributed by atoms with Crippen molar-refractivity contribution in [2.75, 3.05) is 13.1 Å². The first-order chi connectivity index (χ1) is 9.81. The van der Waals surface area contributed by atoms with E-state index in [0.717, 1.165) is 19.5 Å². The molecule has 0 radical (unpaired) electrons. The number of hydrogen-bond acceptors (Lipinski definition) is 2. The summed E-state index contributed by atoms with van der Waals surface area (Å²) in [7, 11) is 0. The second-order valence-corrected chi connectivity index (χ2v) is 5.80. The third-order valence-electron chi connectivity index (χ3n) is 4.58. The van der Waals surface area contributed by atoms with Gasteiger partial charge in [-0.25, -0.2) is 0 Å². The van der Waals surface area contributed by atoms with Crippen LogP contribution in [0.2, 0.25) is 0 Å². The first-order valence-electron chi connectivity index (χ1n) is 7.78. The number of rotatable bonds is 2. The lowest BCUT2D eigenvalue weighted by Gasteiger charge is -2.33.